The maximum Gasteiger partial charge on any atom is 0.163 e. The number of benzene rings is 1. The van der Waals surface area contributed by atoms with Gasteiger partial charge < -0.3 is 5.32 Å². The molecule has 0 saturated carbocycles. The third kappa shape index (κ3) is 2.98. The van der Waals surface area contributed by atoms with Crippen LogP contribution in [0.2, 0.25) is 5.02 Å². The Bertz CT molecular complexity index is 580. The number of halogens is 1. The lowest BCUT2D eigenvalue weighted by Crippen LogP contribution is -2.00. The SMILES string of the molecule is Cc1ccc(NC(C#N)=C(C#N)C#N)cc1Cl. The highest BCUT2D eigenvalue weighted by Gasteiger charge is 2.06. The average Bonchev–Trinajstić information content (AvgIpc) is 2.33. The minimum atomic E-state index is -0.260. The monoisotopic (exact) mass is 242 g/mol. The molecule has 0 unspecified atom stereocenters. The Kier molecular flexibility index (Phi) is 4.12. The van der Waals surface area contributed by atoms with Gasteiger partial charge in [-0.2, -0.15) is 15.8 Å². The zero-order valence-corrected chi connectivity index (χ0v) is 9.71. The summed E-state index contributed by atoms with van der Waals surface area (Å²) in [6.45, 7) is 1.85. The van der Waals surface area contributed by atoms with E-state index in [1.54, 1.807) is 36.4 Å². The molecule has 82 valence electrons. The van der Waals surface area contributed by atoms with E-state index in [4.69, 9.17) is 27.4 Å². The van der Waals surface area contributed by atoms with Gasteiger partial charge in [-0.25, -0.2) is 0 Å². The van der Waals surface area contributed by atoms with E-state index in [-0.39, 0.29) is 11.3 Å². The van der Waals surface area contributed by atoms with Gasteiger partial charge in [-0.15, -0.1) is 0 Å². The molecule has 0 aliphatic carbocycles. The maximum atomic E-state index is 8.84. The zero-order chi connectivity index (χ0) is 12.8. The van der Waals surface area contributed by atoms with Crippen LogP contribution in [0.25, 0.3) is 0 Å². The molecule has 0 radical (unpaired) electrons. The topological polar surface area (TPSA) is 83.4 Å². The Morgan fingerprint density at radius 2 is 1.82 bits per heavy atom. The van der Waals surface area contributed by atoms with Crippen molar-refractivity contribution in [3.8, 4) is 18.2 Å². The standard InChI is InChI=1S/C12H7ClN4/c1-8-2-3-10(4-11(8)13)17-12(7-16)9(5-14)6-15/h2-4,17H,1H3. The molecule has 0 atom stereocenters. The molecule has 0 spiro atoms. The second-order valence-electron chi connectivity index (χ2n) is 3.17. The Balaban J connectivity index is 3.11. The van der Waals surface area contributed by atoms with Gasteiger partial charge in [0.1, 0.15) is 23.9 Å². The number of aryl methyl sites for hydroxylation is 1. The van der Waals surface area contributed by atoms with Gasteiger partial charge in [0.25, 0.3) is 0 Å². The summed E-state index contributed by atoms with van der Waals surface area (Å²) in [5.74, 6) is 0. The second-order valence-corrected chi connectivity index (χ2v) is 3.58. The Morgan fingerprint density at radius 3 is 2.29 bits per heavy atom. The van der Waals surface area contributed by atoms with Crippen molar-refractivity contribution in [3.05, 3.63) is 40.1 Å². The average molecular weight is 243 g/mol. The molecule has 4 nitrogen and oxygen atoms in total. The highest BCUT2D eigenvalue weighted by atomic mass is 35.5. The van der Waals surface area contributed by atoms with E-state index in [1.165, 1.54) is 0 Å². The molecule has 0 aromatic heterocycles. The first-order chi connectivity index (χ1) is 8.12. The number of anilines is 1. The van der Waals surface area contributed by atoms with Gasteiger partial charge in [0, 0.05) is 10.7 Å². The van der Waals surface area contributed by atoms with E-state index < -0.39 is 0 Å². The summed E-state index contributed by atoms with van der Waals surface area (Å²) in [5, 5.41) is 29.4. The molecule has 17 heavy (non-hydrogen) atoms. The largest absolute Gasteiger partial charge is 0.345 e. The number of hydrogen-bond acceptors (Lipinski definition) is 4. The molecule has 0 bridgehead atoms. The van der Waals surface area contributed by atoms with Crippen LogP contribution in [0.4, 0.5) is 5.69 Å². The third-order valence-corrected chi connectivity index (χ3v) is 2.43. The first-order valence-electron chi connectivity index (χ1n) is 4.60. The van der Waals surface area contributed by atoms with Crippen LogP contribution in [-0.2, 0) is 0 Å². The first-order valence-corrected chi connectivity index (χ1v) is 4.98. The van der Waals surface area contributed by atoms with Gasteiger partial charge in [0.05, 0.1) is 0 Å². The third-order valence-electron chi connectivity index (χ3n) is 2.03. The van der Waals surface area contributed by atoms with Crippen molar-refractivity contribution in [1.29, 1.82) is 15.8 Å². The fourth-order valence-corrected chi connectivity index (χ4v) is 1.28. The van der Waals surface area contributed by atoms with Gasteiger partial charge in [0.15, 0.2) is 5.57 Å². The normalized spacial score (nSPS) is 8.41. The summed E-state index contributed by atoms with van der Waals surface area (Å²) in [4.78, 5) is 0. The molecule has 1 rings (SSSR count). The first kappa shape index (κ1) is 12.6. The van der Waals surface area contributed by atoms with E-state index in [0.717, 1.165) is 5.56 Å². The van der Waals surface area contributed by atoms with E-state index in [0.29, 0.717) is 10.7 Å². The Morgan fingerprint density at radius 1 is 1.18 bits per heavy atom. The minimum absolute atomic E-state index is 0.0880. The Hall–Kier alpha value is -2.48. The molecule has 0 amide bonds. The highest BCUT2D eigenvalue weighted by molar-refractivity contribution is 6.31. The lowest BCUT2D eigenvalue weighted by molar-refractivity contribution is 1.36. The predicted octanol–water partition coefficient (Wildman–Crippen LogP) is 2.89. The summed E-state index contributed by atoms with van der Waals surface area (Å²) in [6.07, 6.45) is 0. The van der Waals surface area contributed by atoms with E-state index in [1.807, 2.05) is 6.92 Å². The molecule has 0 aliphatic rings. The predicted molar refractivity (Wildman–Crippen MR) is 63.7 cm³/mol. The second kappa shape index (κ2) is 5.56. The van der Waals surface area contributed by atoms with Crippen LogP contribution in [0, 0.1) is 40.9 Å². The van der Waals surface area contributed by atoms with Crippen molar-refractivity contribution in [1.82, 2.24) is 0 Å². The lowest BCUT2D eigenvalue weighted by atomic mass is 10.2. The van der Waals surface area contributed by atoms with Gasteiger partial charge in [-0.3, -0.25) is 0 Å². The van der Waals surface area contributed by atoms with Crippen LogP contribution in [0.1, 0.15) is 5.56 Å². The van der Waals surface area contributed by atoms with E-state index in [9.17, 15) is 0 Å². The van der Waals surface area contributed by atoms with Gasteiger partial charge >= 0.3 is 0 Å². The molecule has 0 saturated heterocycles. The number of hydrogen-bond donors (Lipinski definition) is 1. The number of nitrogens with zero attached hydrogens (tertiary/aromatic N) is 3. The summed E-state index contributed by atoms with van der Waals surface area (Å²) in [7, 11) is 0. The highest BCUT2D eigenvalue weighted by Crippen LogP contribution is 2.21. The molecular weight excluding hydrogens is 236 g/mol. The quantitative estimate of drug-likeness (QED) is 0.808. The number of nitriles is 3. The summed E-state index contributed by atoms with van der Waals surface area (Å²) in [5.41, 5.74) is 1.11. The van der Waals surface area contributed by atoms with Crippen molar-refractivity contribution >= 4 is 17.3 Å². The molecule has 0 fully saturated rings. The Labute approximate surface area is 104 Å². The van der Waals surface area contributed by atoms with E-state index in [2.05, 4.69) is 5.32 Å². The molecule has 1 N–H and O–H groups in total. The molecule has 5 heteroatoms. The van der Waals surface area contributed by atoms with Gasteiger partial charge in [-0.1, -0.05) is 17.7 Å². The molecule has 0 heterocycles. The number of rotatable bonds is 2. The van der Waals surface area contributed by atoms with Gasteiger partial charge in [-0.05, 0) is 24.6 Å². The van der Waals surface area contributed by atoms with E-state index >= 15 is 0 Å². The van der Waals surface area contributed by atoms with Crippen LogP contribution in [0.3, 0.4) is 0 Å². The smallest absolute Gasteiger partial charge is 0.163 e. The van der Waals surface area contributed by atoms with Crippen molar-refractivity contribution in [2.45, 2.75) is 6.92 Å². The van der Waals surface area contributed by atoms with Crippen molar-refractivity contribution in [2.75, 3.05) is 5.32 Å². The maximum absolute atomic E-state index is 8.84. The van der Waals surface area contributed by atoms with Crippen molar-refractivity contribution < 1.29 is 0 Å². The van der Waals surface area contributed by atoms with Gasteiger partial charge in [0.2, 0.25) is 0 Å². The fourth-order valence-electron chi connectivity index (χ4n) is 1.10. The molecule has 1 aromatic rings. The van der Waals surface area contributed by atoms with Crippen LogP contribution in [0.5, 0.6) is 0 Å². The van der Waals surface area contributed by atoms with Crippen LogP contribution in [-0.4, -0.2) is 0 Å². The van der Waals surface area contributed by atoms with Crippen LogP contribution in [0.15, 0.2) is 29.5 Å². The number of allylic oxidation sites excluding steroid dienone is 2. The fraction of sp³-hybridized carbons (Fsp3) is 0.0833. The van der Waals surface area contributed by atoms with Crippen LogP contribution >= 0.6 is 11.6 Å². The minimum Gasteiger partial charge on any atom is -0.345 e. The van der Waals surface area contributed by atoms with Crippen molar-refractivity contribution in [3.63, 3.8) is 0 Å². The summed E-state index contributed by atoms with van der Waals surface area (Å²) < 4.78 is 0. The van der Waals surface area contributed by atoms with Crippen LogP contribution < -0.4 is 5.32 Å². The molecule has 0 aliphatic heterocycles. The van der Waals surface area contributed by atoms with Crippen molar-refractivity contribution in [2.24, 2.45) is 0 Å². The molecule has 1 aromatic carbocycles. The lowest BCUT2D eigenvalue weighted by Gasteiger charge is -2.06. The number of nitrogens with one attached hydrogen (secondary N) is 1. The summed E-state index contributed by atoms with van der Waals surface area (Å²) in [6, 6.07) is 10.2. The zero-order valence-electron chi connectivity index (χ0n) is 8.95. The molecular formula is C12H7ClN4. The summed E-state index contributed by atoms with van der Waals surface area (Å²) >= 11 is 5.92.